The molecule has 5 aromatic heterocycles. The number of benzene rings is 14. The van der Waals surface area contributed by atoms with Crippen LogP contribution >= 0.6 is 0 Å². The highest BCUT2D eigenvalue weighted by Crippen LogP contribution is 2.45. The Balaban J connectivity index is 0.000000126. The lowest BCUT2D eigenvalue weighted by molar-refractivity contribution is 0.590. The van der Waals surface area contributed by atoms with Gasteiger partial charge in [0.25, 0.3) is 0 Å². The monoisotopic (exact) mass is 1690 g/mol. The van der Waals surface area contributed by atoms with Crippen LogP contribution in [0.5, 0.6) is 0 Å². The van der Waals surface area contributed by atoms with Crippen molar-refractivity contribution in [3.63, 3.8) is 0 Å². The van der Waals surface area contributed by atoms with Crippen LogP contribution in [-0.4, -0.2) is 28.9 Å². The number of rotatable bonds is 22. The standard InChI is InChI=1S/C42H42N2.C42H40N2.C40H36N2/c1-41(2,3)33-17-21-35(22-18-33)43-37(29-13-9-7-10-14-29)25-31-28-40-32(27-39(31)43)26-38(30-15-11-8-12-16-30)44(40)36-23-19-34(20-24-36)42(4,5)6;1-3-5-13-31-19-23-37(24-20-31)43-39(33-15-9-7-10-16-33)27-35-30-42-36(29-41(35)43)28-40(34-17-11-8-12-18-34)44(42)38-25-21-32(22-26-38)14-6-4-2;1-3-11-29-17-21-35(22-18-29)41-37(31-13-7-5-8-14-31)25-33-28-40-34(27-39(33)41)26-38(32-15-9-6-10-16-32)42(40)36-23-19-30(12-4-2)20-24-36/h7-28,31,39H,1-6H3;7-12,15-30H,3-6,13-14H2,1-2H3;5-10,13-28H,3-4,11-12H2,1-2H3. The summed E-state index contributed by atoms with van der Waals surface area (Å²) in [5.41, 5.74) is 35.3. The van der Waals surface area contributed by atoms with Gasteiger partial charge < -0.3 is 27.7 Å². The molecule has 0 spiro atoms. The van der Waals surface area contributed by atoms with Gasteiger partial charge in [-0.2, -0.15) is 0 Å². The summed E-state index contributed by atoms with van der Waals surface area (Å²) in [6.07, 6.45) is 19.1. The van der Waals surface area contributed by atoms with Gasteiger partial charge in [-0.3, -0.25) is 0 Å². The Kier molecular flexibility index (Phi) is 24.4. The van der Waals surface area contributed by atoms with Crippen LogP contribution < -0.4 is 15.5 Å². The highest BCUT2D eigenvalue weighted by molar-refractivity contribution is 6.04. The Labute approximate surface area is 768 Å². The Morgan fingerprint density at radius 3 is 0.800 bits per heavy atom. The lowest BCUT2D eigenvalue weighted by Gasteiger charge is -2.32. The maximum atomic E-state index is 2.55. The third-order valence-corrected chi connectivity index (χ3v) is 26.4. The summed E-state index contributed by atoms with van der Waals surface area (Å²) in [7, 11) is 0. The summed E-state index contributed by atoms with van der Waals surface area (Å²) in [6, 6.07) is 141. The van der Waals surface area contributed by atoms with Crippen molar-refractivity contribution in [2.75, 3.05) is 4.90 Å². The second-order valence-electron chi connectivity index (χ2n) is 37.6. The van der Waals surface area contributed by atoms with Gasteiger partial charge in [-0.1, -0.05) is 368 Å². The maximum absolute atomic E-state index is 2.55. The normalized spacial score (nSPS) is 13.6. The smallest absolute Gasteiger partial charge is 0.0630 e. The average molecular weight is 1690 g/mol. The average Bonchev–Trinajstić information content (AvgIpc) is 1.59. The Morgan fingerprint density at radius 2 is 0.508 bits per heavy atom. The quantitative estimate of drug-likeness (QED) is 0.0665. The van der Waals surface area contributed by atoms with E-state index in [0.717, 1.165) is 38.5 Å². The lowest BCUT2D eigenvalue weighted by atomic mass is 9.87. The topological polar surface area (TPSA) is 27.9 Å². The summed E-state index contributed by atoms with van der Waals surface area (Å²) >= 11 is 0. The third kappa shape index (κ3) is 17.5. The first kappa shape index (κ1) is 85.2. The number of aryl methyl sites for hydroxylation is 4. The van der Waals surface area contributed by atoms with Crippen molar-refractivity contribution in [1.29, 1.82) is 0 Å². The Morgan fingerprint density at radius 1 is 0.238 bits per heavy atom. The van der Waals surface area contributed by atoms with E-state index in [1.807, 2.05) is 0 Å². The molecule has 19 aromatic rings. The Hall–Kier alpha value is -14.2. The van der Waals surface area contributed by atoms with E-state index >= 15 is 0 Å². The molecule has 0 fully saturated rings. The minimum Gasteiger partial charge on any atom is -0.333 e. The van der Waals surface area contributed by atoms with Crippen molar-refractivity contribution in [3.8, 4) is 84.7 Å². The summed E-state index contributed by atoms with van der Waals surface area (Å²) in [4.78, 5) is 2.55. The van der Waals surface area contributed by atoms with Crippen LogP contribution in [0.4, 0.5) is 5.69 Å². The first-order valence-corrected chi connectivity index (χ1v) is 47.3. The number of anilines is 1. The molecule has 6 heteroatoms. The summed E-state index contributed by atoms with van der Waals surface area (Å²) in [5, 5.41) is 7.50. The second-order valence-corrected chi connectivity index (χ2v) is 37.6. The molecule has 6 heterocycles. The number of nitrogens with zero attached hydrogens (tertiary/aromatic N) is 6. The highest BCUT2D eigenvalue weighted by Gasteiger charge is 2.36. The summed E-state index contributed by atoms with van der Waals surface area (Å²) < 4.78 is 12.2. The molecule has 0 bridgehead atoms. The molecule has 0 radical (unpaired) electrons. The van der Waals surface area contributed by atoms with Gasteiger partial charge in [0.1, 0.15) is 0 Å². The van der Waals surface area contributed by atoms with Crippen molar-refractivity contribution in [2.24, 2.45) is 5.92 Å². The minimum atomic E-state index is 0.112. The molecule has 2 unspecified atom stereocenters. The van der Waals surface area contributed by atoms with Crippen LogP contribution in [0.15, 0.2) is 388 Å². The Bertz CT molecular complexity index is 7000. The van der Waals surface area contributed by atoms with Crippen LogP contribution in [0.3, 0.4) is 0 Å². The fourth-order valence-corrected chi connectivity index (χ4v) is 19.5. The minimum absolute atomic E-state index is 0.112. The maximum Gasteiger partial charge on any atom is 0.0630 e. The summed E-state index contributed by atoms with van der Waals surface area (Å²) in [5.74, 6) is 0.242. The zero-order valence-electron chi connectivity index (χ0n) is 77.0. The fraction of sp³-hybridized carbons (Fsp3) is 0.194. The molecule has 14 aromatic carbocycles. The van der Waals surface area contributed by atoms with Gasteiger partial charge >= 0.3 is 0 Å². The van der Waals surface area contributed by atoms with Gasteiger partial charge in [-0.25, -0.2) is 0 Å². The molecule has 21 rings (SSSR count). The molecule has 2 atom stereocenters. The number of hydrogen-bond donors (Lipinski definition) is 0. The molecule has 130 heavy (non-hydrogen) atoms. The molecule has 0 amide bonds. The number of hydrogen-bond acceptors (Lipinski definition) is 1. The predicted octanol–water partition coefficient (Wildman–Crippen LogP) is 31.3. The highest BCUT2D eigenvalue weighted by atomic mass is 15.2. The van der Waals surface area contributed by atoms with Gasteiger partial charge in [0.05, 0.1) is 56.6 Å². The molecule has 0 N–H and O–H groups in total. The third-order valence-electron chi connectivity index (χ3n) is 26.4. The number of unbranched alkanes of at least 4 members (excludes halogenated alkanes) is 2. The van der Waals surface area contributed by atoms with Gasteiger partial charge in [0, 0.05) is 72.6 Å². The molecule has 0 saturated carbocycles. The first-order valence-electron chi connectivity index (χ1n) is 47.3. The van der Waals surface area contributed by atoms with Gasteiger partial charge in [0.2, 0.25) is 0 Å². The predicted molar refractivity (Wildman–Crippen MR) is 555 cm³/mol. The zero-order chi connectivity index (χ0) is 89.0. The van der Waals surface area contributed by atoms with Gasteiger partial charge in [-0.05, 0) is 249 Å². The van der Waals surface area contributed by atoms with Crippen molar-refractivity contribution in [3.05, 3.63) is 438 Å². The molecule has 6 nitrogen and oxygen atoms in total. The molecule has 1 aliphatic heterocycles. The van der Waals surface area contributed by atoms with Crippen LogP contribution in [0.1, 0.15) is 147 Å². The van der Waals surface area contributed by atoms with Crippen molar-refractivity contribution in [1.82, 2.24) is 22.8 Å². The number of fused-ring (bicyclic) bond motifs is 6. The second kappa shape index (κ2) is 37.2. The molecule has 1 aliphatic carbocycles. The van der Waals surface area contributed by atoms with E-state index in [0.29, 0.717) is 0 Å². The largest absolute Gasteiger partial charge is 0.333 e. The molecule has 644 valence electrons. The van der Waals surface area contributed by atoms with Gasteiger partial charge in [0.15, 0.2) is 0 Å². The van der Waals surface area contributed by atoms with Crippen LogP contribution in [0.2, 0.25) is 0 Å². The van der Waals surface area contributed by atoms with E-state index in [1.54, 1.807) is 0 Å². The van der Waals surface area contributed by atoms with Crippen LogP contribution in [-0.2, 0) is 36.5 Å². The van der Waals surface area contributed by atoms with E-state index < -0.39 is 0 Å². The van der Waals surface area contributed by atoms with Gasteiger partial charge in [-0.15, -0.1) is 0 Å². The van der Waals surface area contributed by atoms with E-state index in [-0.39, 0.29) is 22.8 Å². The van der Waals surface area contributed by atoms with E-state index in [4.69, 9.17) is 0 Å². The van der Waals surface area contributed by atoms with E-state index in [1.165, 1.54) is 215 Å². The van der Waals surface area contributed by atoms with E-state index in [9.17, 15) is 0 Å². The lowest BCUT2D eigenvalue weighted by Crippen LogP contribution is -2.41. The van der Waals surface area contributed by atoms with Crippen molar-refractivity contribution in [2.45, 2.75) is 150 Å². The molecular formula is C124H118N6. The first-order chi connectivity index (χ1) is 63.5. The molecule has 2 aliphatic rings. The van der Waals surface area contributed by atoms with Crippen LogP contribution in [0.25, 0.3) is 146 Å². The molecular weight excluding hydrogens is 1570 g/mol. The summed E-state index contributed by atoms with van der Waals surface area (Å²) in [6.45, 7) is 22.6. The fourth-order valence-electron chi connectivity index (χ4n) is 19.5. The molecule has 0 saturated heterocycles. The zero-order valence-corrected chi connectivity index (χ0v) is 77.0. The van der Waals surface area contributed by atoms with Crippen molar-refractivity contribution < 1.29 is 0 Å². The SMILES string of the molecule is CC(C)(C)c1ccc(N2C(c3ccccc3)=CC3C=c4c(cc(-c5ccccc5)n4-c4ccc(C(C)(C)C)cc4)=CC32)cc1.CCCCc1ccc(-n2c(-c3ccccc3)cc3cc4c(cc(-c5ccccc5)n4-c4ccc(CCCC)cc4)cc32)cc1.CCCc1ccc(-n2c(-c3ccccc3)cc3cc4c(cc(-c5ccccc5)n4-c4ccc(CCC)cc4)cc32)cc1. The number of aromatic nitrogens is 5. The van der Waals surface area contributed by atoms with E-state index in [2.05, 4.69) is 497 Å². The van der Waals surface area contributed by atoms with Crippen LogP contribution in [0, 0.1) is 5.92 Å². The van der Waals surface area contributed by atoms with Crippen molar-refractivity contribution >= 4 is 67.1 Å².